The normalized spacial score (nSPS) is 11.8. The topological polar surface area (TPSA) is 49.4 Å². The van der Waals surface area contributed by atoms with Gasteiger partial charge in [0, 0.05) is 18.1 Å². The molecule has 5 heteroatoms. The highest BCUT2D eigenvalue weighted by Crippen LogP contribution is 2.25. The molecule has 4 nitrogen and oxygen atoms in total. The Morgan fingerprint density at radius 3 is 2.03 bits per heavy atom. The fourth-order valence-electron chi connectivity index (χ4n) is 3.49. The van der Waals surface area contributed by atoms with Crippen molar-refractivity contribution in [2.75, 3.05) is 6.54 Å². The van der Waals surface area contributed by atoms with Crippen molar-refractivity contribution in [2.24, 2.45) is 5.92 Å². The second-order valence-corrected chi connectivity index (χ2v) is 8.70. The molecule has 2 amide bonds. The Morgan fingerprint density at radius 2 is 1.44 bits per heavy atom. The highest BCUT2D eigenvalue weighted by Gasteiger charge is 2.31. The predicted molar refractivity (Wildman–Crippen MR) is 129 cm³/mol. The molecule has 0 saturated heterocycles. The summed E-state index contributed by atoms with van der Waals surface area (Å²) in [5.74, 6) is 0.0140. The van der Waals surface area contributed by atoms with Crippen molar-refractivity contribution >= 4 is 23.4 Å². The van der Waals surface area contributed by atoms with Gasteiger partial charge in [-0.2, -0.15) is 0 Å². The molecule has 1 N–H and O–H groups in total. The molecular formula is C27H29ClN2O2. The second kappa shape index (κ2) is 11.5. The standard InChI is InChI=1S/C27H29ClN2O2/c1-20(2)18-29-27(32)26(23-11-7-4-8-12-23)30(19-22-13-15-24(28)16-14-22)25(31)17-21-9-5-3-6-10-21/h3-16,20,26H,17-19H2,1-2H3,(H,29,32)/t26-/m1/s1. The first-order valence-electron chi connectivity index (χ1n) is 10.8. The first kappa shape index (κ1) is 23.6. The summed E-state index contributed by atoms with van der Waals surface area (Å²) in [4.78, 5) is 28.6. The Morgan fingerprint density at radius 1 is 0.844 bits per heavy atom. The average molecular weight is 449 g/mol. The lowest BCUT2D eigenvalue weighted by Crippen LogP contribution is -2.44. The van der Waals surface area contributed by atoms with Crippen molar-refractivity contribution in [3.05, 3.63) is 107 Å². The highest BCUT2D eigenvalue weighted by molar-refractivity contribution is 6.30. The van der Waals surface area contributed by atoms with Gasteiger partial charge in [0.25, 0.3) is 0 Å². The molecule has 0 bridgehead atoms. The van der Waals surface area contributed by atoms with Gasteiger partial charge in [-0.05, 0) is 34.7 Å². The van der Waals surface area contributed by atoms with Crippen LogP contribution >= 0.6 is 11.6 Å². The first-order chi connectivity index (χ1) is 15.4. The zero-order valence-electron chi connectivity index (χ0n) is 18.5. The molecule has 32 heavy (non-hydrogen) atoms. The smallest absolute Gasteiger partial charge is 0.247 e. The minimum Gasteiger partial charge on any atom is -0.354 e. The third kappa shape index (κ3) is 6.69. The summed E-state index contributed by atoms with van der Waals surface area (Å²) in [6.45, 7) is 4.94. The minimum absolute atomic E-state index is 0.111. The van der Waals surface area contributed by atoms with Gasteiger partial charge in [0.15, 0.2) is 0 Å². The largest absolute Gasteiger partial charge is 0.354 e. The number of hydrogen-bond donors (Lipinski definition) is 1. The number of hydrogen-bond acceptors (Lipinski definition) is 2. The van der Waals surface area contributed by atoms with Crippen molar-refractivity contribution < 1.29 is 9.59 Å². The van der Waals surface area contributed by atoms with Gasteiger partial charge in [-0.3, -0.25) is 9.59 Å². The van der Waals surface area contributed by atoms with Crippen LogP contribution in [0.2, 0.25) is 5.02 Å². The molecule has 0 aromatic heterocycles. The summed E-state index contributed by atoms with van der Waals surface area (Å²) in [6.07, 6.45) is 0.217. The summed E-state index contributed by atoms with van der Waals surface area (Å²) >= 11 is 6.05. The molecule has 0 heterocycles. The number of carbonyl (C=O) groups excluding carboxylic acids is 2. The molecule has 0 radical (unpaired) electrons. The Balaban J connectivity index is 1.97. The summed E-state index contributed by atoms with van der Waals surface area (Å²) < 4.78 is 0. The molecule has 3 rings (SSSR count). The summed E-state index contributed by atoms with van der Waals surface area (Å²) in [6, 6.07) is 25.7. The molecule has 1 atom stereocenters. The fraction of sp³-hybridized carbons (Fsp3) is 0.259. The van der Waals surface area contributed by atoms with E-state index in [4.69, 9.17) is 11.6 Å². The van der Waals surface area contributed by atoms with Crippen molar-refractivity contribution in [1.82, 2.24) is 10.2 Å². The van der Waals surface area contributed by atoms with Gasteiger partial charge in [0.05, 0.1) is 6.42 Å². The molecule has 0 aliphatic rings. The van der Waals surface area contributed by atoms with E-state index in [9.17, 15) is 9.59 Å². The van der Waals surface area contributed by atoms with E-state index in [-0.39, 0.29) is 18.2 Å². The van der Waals surface area contributed by atoms with Gasteiger partial charge in [-0.25, -0.2) is 0 Å². The Bertz CT molecular complexity index is 1000. The number of benzene rings is 3. The molecular weight excluding hydrogens is 420 g/mol. The zero-order valence-corrected chi connectivity index (χ0v) is 19.3. The van der Waals surface area contributed by atoms with E-state index in [1.807, 2.05) is 86.6 Å². The Hall–Kier alpha value is -3.11. The monoisotopic (exact) mass is 448 g/mol. The molecule has 0 saturated carbocycles. The molecule has 0 aliphatic carbocycles. The highest BCUT2D eigenvalue weighted by atomic mass is 35.5. The SMILES string of the molecule is CC(C)CNC(=O)[C@@H](c1ccccc1)N(Cc1ccc(Cl)cc1)C(=O)Cc1ccccc1. The molecule has 3 aromatic rings. The molecule has 0 aliphatic heterocycles. The van der Waals surface area contributed by atoms with Gasteiger partial charge >= 0.3 is 0 Å². The molecule has 0 spiro atoms. The fourth-order valence-corrected chi connectivity index (χ4v) is 3.62. The Kier molecular flexibility index (Phi) is 8.46. The van der Waals surface area contributed by atoms with Gasteiger partial charge in [0.1, 0.15) is 6.04 Å². The van der Waals surface area contributed by atoms with Crippen molar-refractivity contribution in [2.45, 2.75) is 32.9 Å². The number of nitrogens with zero attached hydrogens (tertiary/aromatic N) is 1. The van der Waals surface area contributed by atoms with E-state index in [0.29, 0.717) is 24.0 Å². The number of amides is 2. The lowest BCUT2D eigenvalue weighted by atomic mass is 10.0. The molecule has 0 unspecified atom stereocenters. The summed E-state index contributed by atoms with van der Waals surface area (Å²) in [5.41, 5.74) is 2.60. The lowest BCUT2D eigenvalue weighted by molar-refractivity contribution is -0.141. The van der Waals surface area contributed by atoms with Crippen molar-refractivity contribution in [3.63, 3.8) is 0 Å². The maximum absolute atomic E-state index is 13.6. The first-order valence-corrected chi connectivity index (χ1v) is 11.2. The van der Waals surface area contributed by atoms with Crippen LogP contribution in [0.15, 0.2) is 84.9 Å². The lowest BCUT2D eigenvalue weighted by Gasteiger charge is -2.32. The van der Waals surface area contributed by atoms with Gasteiger partial charge in [-0.1, -0.05) is 98.2 Å². The number of rotatable bonds is 9. The molecule has 3 aromatic carbocycles. The maximum Gasteiger partial charge on any atom is 0.247 e. The van der Waals surface area contributed by atoms with Crippen molar-refractivity contribution in [3.8, 4) is 0 Å². The number of carbonyl (C=O) groups is 2. The van der Waals surface area contributed by atoms with Crippen LogP contribution in [0.3, 0.4) is 0 Å². The molecule has 166 valence electrons. The van der Waals surface area contributed by atoms with Crippen LogP contribution in [0.5, 0.6) is 0 Å². The Labute approximate surface area is 195 Å². The van der Waals surface area contributed by atoms with E-state index >= 15 is 0 Å². The predicted octanol–water partition coefficient (Wildman–Crippen LogP) is 5.42. The quantitative estimate of drug-likeness (QED) is 0.474. The second-order valence-electron chi connectivity index (χ2n) is 8.26. The average Bonchev–Trinajstić information content (AvgIpc) is 2.80. The third-order valence-electron chi connectivity index (χ3n) is 5.14. The van der Waals surface area contributed by atoms with E-state index in [1.54, 1.807) is 17.0 Å². The van der Waals surface area contributed by atoms with Crippen LogP contribution in [0, 0.1) is 5.92 Å². The number of halogens is 1. The van der Waals surface area contributed by atoms with E-state index in [0.717, 1.165) is 16.7 Å². The van der Waals surface area contributed by atoms with Gasteiger partial charge in [-0.15, -0.1) is 0 Å². The van der Waals surface area contributed by atoms with Crippen LogP contribution in [-0.2, 0) is 22.6 Å². The van der Waals surface area contributed by atoms with Gasteiger partial charge in [0.2, 0.25) is 11.8 Å². The number of nitrogens with one attached hydrogen (secondary N) is 1. The van der Waals surface area contributed by atoms with Crippen LogP contribution in [0.25, 0.3) is 0 Å². The van der Waals surface area contributed by atoms with Crippen LogP contribution < -0.4 is 5.32 Å². The van der Waals surface area contributed by atoms with Crippen LogP contribution in [0.4, 0.5) is 0 Å². The maximum atomic E-state index is 13.6. The summed E-state index contributed by atoms with van der Waals surface area (Å²) in [7, 11) is 0. The zero-order chi connectivity index (χ0) is 22.9. The van der Waals surface area contributed by atoms with Crippen molar-refractivity contribution in [1.29, 1.82) is 0 Å². The van der Waals surface area contributed by atoms with E-state index in [1.165, 1.54) is 0 Å². The minimum atomic E-state index is -0.734. The van der Waals surface area contributed by atoms with Crippen LogP contribution in [-0.4, -0.2) is 23.3 Å². The summed E-state index contributed by atoms with van der Waals surface area (Å²) in [5, 5.41) is 3.65. The van der Waals surface area contributed by atoms with Crippen LogP contribution in [0.1, 0.15) is 36.6 Å². The van der Waals surface area contributed by atoms with Gasteiger partial charge < -0.3 is 10.2 Å². The van der Waals surface area contributed by atoms with E-state index in [2.05, 4.69) is 5.32 Å². The molecule has 0 fully saturated rings. The third-order valence-corrected chi connectivity index (χ3v) is 5.40. The van der Waals surface area contributed by atoms with E-state index < -0.39 is 6.04 Å².